The maximum Gasteiger partial charge on any atom is 0.239 e. The topological polar surface area (TPSA) is 35.6 Å². The Morgan fingerprint density at radius 3 is 2.59 bits per heavy atom. The molecule has 2 heterocycles. The number of nitrogens with zero attached hydrogens (tertiary/aromatic N) is 2. The minimum Gasteiger partial charge on any atom is -0.340 e. The first-order chi connectivity index (χ1) is 8.22. The van der Waals surface area contributed by atoms with Gasteiger partial charge in [-0.25, -0.2) is 0 Å². The van der Waals surface area contributed by atoms with Gasteiger partial charge in [-0.2, -0.15) is 0 Å². The van der Waals surface area contributed by atoms with Gasteiger partial charge in [0.1, 0.15) is 0 Å². The molecule has 1 N–H and O–H groups in total. The maximum atomic E-state index is 12.1. The Bertz CT molecular complexity index is 263. The van der Waals surface area contributed by atoms with Crippen molar-refractivity contribution >= 4 is 5.91 Å². The molecule has 0 radical (unpaired) electrons. The Kier molecular flexibility index (Phi) is 4.40. The van der Waals surface area contributed by atoms with Crippen molar-refractivity contribution in [2.45, 2.75) is 44.7 Å². The molecule has 1 amide bonds. The van der Waals surface area contributed by atoms with Crippen LogP contribution in [-0.2, 0) is 4.79 Å². The molecule has 2 fully saturated rings. The molecule has 0 saturated carbocycles. The zero-order valence-electron chi connectivity index (χ0n) is 11.1. The first-order valence-electron chi connectivity index (χ1n) is 6.92. The molecule has 0 bridgehead atoms. The number of likely N-dealkylation sites (tertiary alicyclic amines) is 2. The second kappa shape index (κ2) is 5.83. The lowest BCUT2D eigenvalue weighted by Crippen LogP contribution is -2.52. The first-order valence-corrected chi connectivity index (χ1v) is 6.92. The van der Waals surface area contributed by atoms with Crippen molar-refractivity contribution in [1.82, 2.24) is 15.1 Å². The second-order valence-electron chi connectivity index (χ2n) is 5.33. The average molecular weight is 239 g/mol. The highest BCUT2D eigenvalue weighted by molar-refractivity contribution is 5.81. The van der Waals surface area contributed by atoms with Crippen molar-refractivity contribution in [2.24, 2.45) is 0 Å². The van der Waals surface area contributed by atoms with Crippen LogP contribution in [0.4, 0.5) is 0 Å². The van der Waals surface area contributed by atoms with E-state index in [2.05, 4.69) is 10.2 Å². The molecule has 17 heavy (non-hydrogen) atoms. The number of carbonyl (C=O) groups excluding carboxylic acids is 1. The predicted octanol–water partition coefficient (Wildman–Crippen LogP) is 0.681. The van der Waals surface area contributed by atoms with Crippen LogP contribution in [0, 0.1) is 0 Å². The van der Waals surface area contributed by atoms with Crippen LogP contribution in [0.2, 0.25) is 0 Å². The summed E-state index contributed by atoms with van der Waals surface area (Å²) in [7, 11) is 1.85. The molecule has 2 atom stereocenters. The van der Waals surface area contributed by atoms with Crippen LogP contribution in [-0.4, -0.2) is 61.0 Å². The lowest BCUT2D eigenvalue weighted by Gasteiger charge is -2.38. The van der Waals surface area contributed by atoms with Crippen LogP contribution in [0.3, 0.4) is 0 Å². The quantitative estimate of drug-likeness (QED) is 0.787. The van der Waals surface area contributed by atoms with Crippen molar-refractivity contribution in [1.29, 1.82) is 0 Å². The first kappa shape index (κ1) is 12.8. The monoisotopic (exact) mass is 239 g/mol. The van der Waals surface area contributed by atoms with Crippen molar-refractivity contribution in [3.8, 4) is 0 Å². The number of likely N-dealkylation sites (N-methyl/N-ethyl adjacent to an activating group) is 1. The van der Waals surface area contributed by atoms with E-state index in [9.17, 15) is 4.79 Å². The number of carbonyl (C=O) groups is 1. The molecule has 0 aliphatic carbocycles. The zero-order chi connectivity index (χ0) is 12.3. The van der Waals surface area contributed by atoms with Crippen LogP contribution >= 0.6 is 0 Å². The molecular formula is C13H25N3O. The molecule has 2 unspecified atom stereocenters. The average Bonchev–Trinajstić information content (AvgIpc) is 2.91. The fourth-order valence-corrected chi connectivity index (χ4v) is 2.96. The molecule has 98 valence electrons. The van der Waals surface area contributed by atoms with E-state index in [1.54, 1.807) is 0 Å². The number of hydrogen-bond acceptors (Lipinski definition) is 3. The molecular weight excluding hydrogens is 214 g/mol. The molecule has 2 aliphatic heterocycles. The Hall–Kier alpha value is -0.610. The van der Waals surface area contributed by atoms with Crippen LogP contribution < -0.4 is 5.32 Å². The van der Waals surface area contributed by atoms with E-state index in [0.29, 0.717) is 6.04 Å². The molecule has 4 nitrogen and oxygen atoms in total. The highest BCUT2D eigenvalue weighted by Gasteiger charge is 2.30. The summed E-state index contributed by atoms with van der Waals surface area (Å²) in [6.07, 6.45) is 5.08. The van der Waals surface area contributed by atoms with E-state index in [1.807, 2.05) is 18.9 Å². The Morgan fingerprint density at radius 2 is 1.94 bits per heavy atom. The van der Waals surface area contributed by atoms with Gasteiger partial charge in [0, 0.05) is 19.1 Å². The lowest BCUT2D eigenvalue weighted by molar-refractivity contribution is -0.135. The minimum absolute atomic E-state index is 0.0488. The molecule has 0 aromatic heterocycles. The third-order valence-electron chi connectivity index (χ3n) is 4.17. The SMILES string of the molecule is CNC(C)C(=O)N1CCCC(N2CCCC2)C1. The molecule has 0 aromatic rings. The Labute approximate surface area is 104 Å². The Balaban J connectivity index is 1.89. The van der Waals surface area contributed by atoms with Crippen molar-refractivity contribution in [3.05, 3.63) is 0 Å². The van der Waals surface area contributed by atoms with Gasteiger partial charge < -0.3 is 10.2 Å². The van der Waals surface area contributed by atoms with E-state index in [-0.39, 0.29) is 11.9 Å². The maximum absolute atomic E-state index is 12.1. The fourth-order valence-electron chi connectivity index (χ4n) is 2.96. The van der Waals surface area contributed by atoms with Crippen molar-refractivity contribution in [3.63, 3.8) is 0 Å². The smallest absolute Gasteiger partial charge is 0.239 e. The van der Waals surface area contributed by atoms with Gasteiger partial charge in [0.2, 0.25) is 5.91 Å². The lowest BCUT2D eigenvalue weighted by atomic mass is 10.0. The predicted molar refractivity (Wildman–Crippen MR) is 68.9 cm³/mol. The summed E-state index contributed by atoms with van der Waals surface area (Å²) in [5.74, 6) is 0.261. The summed E-state index contributed by atoms with van der Waals surface area (Å²) >= 11 is 0. The van der Waals surface area contributed by atoms with Gasteiger partial charge in [-0.05, 0) is 52.7 Å². The Morgan fingerprint density at radius 1 is 1.24 bits per heavy atom. The highest BCUT2D eigenvalue weighted by atomic mass is 16.2. The van der Waals surface area contributed by atoms with Crippen molar-refractivity contribution in [2.75, 3.05) is 33.2 Å². The number of hydrogen-bond donors (Lipinski definition) is 1. The summed E-state index contributed by atoms with van der Waals surface area (Å²) < 4.78 is 0. The van der Waals surface area contributed by atoms with Crippen LogP contribution in [0.1, 0.15) is 32.6 Å². The number of amides is 1. The molecule has 2 aliphatic rings. The third kappa shape index (κ3) is 2.99. The van der Waals surface area contributed by atoms with Crippen LogP contribution in [0.5, 0.6) is 0 Å². The fraction of sp³-hybridized carbons (Fsp3) is 0.923. The summed E-state index contributed by atoms with van der Waals surface area (Å²) in [5.41, 5.74) is 0. The van der Waals surface area contributed by atoms with Crippen LogP contribution in [0.25, 0.3) is 0 Å². The third-order valence-corrected chi connectivity index (χ3v) is 4.17. The van der Waals surface area contributed by atoms with E-state index in [0.717, 1.165) is 19.5 Å². The standard InChI is InChI=1S/C13H25N3O/c1-11(14-2)13(17)16-9-5-6-12(10-16)15-7-3-4-8-15/h11-12,14H,3-10H2,1-2H3. The second-order valence-corrected chi connectivity index (χ2v) is 5.33. The molecule has 4 heteroatoms. The minimum atomic E-state index is -0.0488. The molecule has 0 aromatic carbocycles. The number of nitrogens with one attached hydrogen (secondary N) is 1. The van der Waals surface area contributed by atoms with Crippen molar-refractivity contribution < 1.29 is 4.79 Å². The summed E-state index contributed by atoms with van der Waals surface area (Å²) in [4.78, 5) is 16.8. The zero-order valence-corrected chi connectivity index (χ0v) is 11.1. The number of piperidine rings is 1. The van der Waals surface area contributed by atoms with Gasteiger partial charge in [-0.15, -0.1) is 0 Å². The van der Waals surface area contributed by atoms with Crippen LogP contribution in [0.15, 0.2) is 0 Å². The summed E-state index contributed by atoms with van der Waals surface area (Å²) in [5, 5.41) is 3.04. The largest absolute Gasteiger partial charge is 0.340 e. The van der Waals surface area contributed by atoms with Gasteiger partial charge >= 0.3 is 0 Å². The van der Waals surface area contributed by atoms with E-state index in [4.69, 9.17) is 0 Å². The molecule has 2 rings (SSSR count). The summed E-state index contributed by atoms with van der Waals surface area (Å²) in [6, 6.07) is 0.562. The summed E-state index contributed by atoms with van der Waals surface area (Å²) in [6.45, 7) is 6.28. The van der Waals surface area contributed by atoms with E-state index < -0.39 is 0 Å². The van der Waals surface area contributed by atoms with Gasteiger partial charge in [0.25, 0.3) is 0 Å². The van der Waals surface area contributed by atoms with Gasteiger partial charge in [-0.1, -0.05) is 0 Å². The molecule has 0 spiro atoms. The van der Waals surface area contributed by atoms with Gasteiger partial charge in [0.05, 0.1) is 6.04 Å². The van der Waals surface area contributed by atoms with E-state index in [1.165, 1.54) is 32.4 Å². The number of rotatable bonds is 3. The van der Waals surface area contributed by atoms with E-state index >= 15 is 0 Å². The normalized spacial score (nSPS) is 28.4. The van der Waals surface area contributed by atoms with Gasteiger partial charge in [0.15, 0.2) is 0 Å². The highest BCUT2D eigenvalue weighted by Crippen LogP contribution is 2.20. The van der Waals surface area contributed by atoms with Gasteiger partial charge in [-0.3, -0.25) is 9.69 Å². The molecule has 2 saturated heterocycles.